The zero-order valence-electron chi connectivity index (χ0n) is 14.7. The summed E-state index contributed by atoms with van der Waals surface area (Å²) in [5, 5.41) is 0. The van der Waals surface area contributed by atoms with E-state index in [0.717, 1.165) is 17.7 Å². The van der Waals surface area contributed by atoms with E-state index >= 15 is 0 Å². The van der Waals surface area contributed by atoms with Gasteiger partial charge < -0.3 is 0 Å². The van der Waals surface area contributed by atoms with Gasteiger partial charge in [-0.3, -0.25) is 9.13 Å². The van der Waals surface area contributed by atoms with Crippen LogP contribution < -0.4 is 5.69 Å². The summed E-state index contributed by atoms with van der Waals surface area (Å²) < 4.78 is 42.0. The first-order chi connectivity index (χ1) is 13.3. The van der Waals surface area contributed by atoms with Crippen LogP contribution in [-0.4, -0.2) is 24.1 Å². The number of nitrogens with zero attached hydrogens (tertiary/aromatic N) is 5. The number of aryl methyl sites for hydroxylation is 1. The molecule has 0 amide bonds. The number of aromatic nitrogens is 5. The van der Waals surface area contributed by atoms with Crippen molar-refractivity contribution in [2.75, 3.05) is 0 Å². The third-order valence-electron chi connectivity index (χ3n) is 4.45. The molecule has 0 saturated carbocycles. The number of benzene rings is 1. The van der Waals surface area contributed by atoms with E-state index < -0.39 is 11.7 Å². The molecule has 3 heterocycles. The van der Waals surface area contributed by atoms with Crippen molar-refractivity contribution in [2.45, 2.75) is 12.7 Å². The molecule has 4 aromatic rings. The Labute approximate surface area is 156 Å². The molecular formula is C19H14F3N5O. The Morgan fingerprint density at radius 2 is 1.79 bits per heavy atom. The molecule has 0 fully saturated rings. The number of hydrogen-bond acceptors (Lipinski definition) is 4. The van der Waals surface area contributed by atoms with Crippen molar-refractivity contribution in [3.63, 3.8) is 0 Å². The molecule has 0 bridgehead atoms. The highest BCUT2D eigenvalue weighted by atomic mass is 19.4. The van der Waals surface area contributed by atoms with Crippen LogP contribution in [0.5, 0.6) is 0 Å². The lowest BCUT2D eigenvalue weighted by Gasteiger charge is -2.09. The molecule has 4 rings (SSSR count). The second-order valence-electron chi connectivity index (χ2n) is 6.32. The summed E-state index contributed by atoms with van der Waals surface area (Å²) >= 11 is 0. The van der Waals surface area contributed by atoms with E-state index in [1.54, 1.807) is 31.6 Å². The van der Waals surface area contributed by atoms with Crippen molar-refractivity contribution in [1.29, 1.82) is 0 Å². The average molecular weight is 385 g/mol. The summed E-state index contributed by atoms with van der Waals surface area (Å²) in [6, 6.07) is 6.68. The van der Waals surface area contributed by atoms with Crippen LogP contribution in [0.2, 0.25) is 0 Å². The van der Waals surface area contributed by atoms with Crippen molar-refractivity contribution in [3.8, 4) is 11.1 Å². The molecule has 0 unspecified atom stereocenters. The smallest absolute Gasteiger partial charge is 0.286 e. The molecule has 28 heavy (non-hydrogen) atoms. The first kappa shape index (κ1) is 17.9. The van der Waals surface area contributed by atoms with Crippen molar-refractivity contribution in [3.05, 3.63) is 76.9 Å². The van der Waals surface area contributed by atoms with Gasteiger partial charge in [0, 0.05) is 36.8 Å². The minimum atomic E-state index is -4.43. The van der Waals surface area contributed by atoms with Crippen LogP contribution in [0, 0.1) is 0 Å². The lowest BCUT2D eigenvalue weighted by Crippen LogP contribution is -2.22. The second kappa shape index (κ2) is 6.59. The van der Waals surface area contributed by atoms with Gasteiger partial charge in [0.25, 0.3) is 0 Å². The van der Waals surface area contributed by atoms with E-state index in [0.29, 0.717) is 22.3 Å². The maximum absolute atomic E-state index is 13.0. The lowest BCUT2D eigenvalue weighted by molar-refractivity contribution is -0.137. The summed E-state index contributed by atoms with van der Waals surface area (Å²) in [6.07, 6.45) is 1.62. The van der Waals surface area contributed by atoms with Gasteiger partial charge in [0.05, 0.1) is 17.6 Å². The maximum atomic E-state index is 13.0. The average Bonchev–Trinajstić information content (AvgIpc) is 2.93. The van der Waals surface area contributed by atoms with Crippen LogP contribution in [0.3, 0.4) is 0 Å². The molecule has 0 aliphatic heterocycles. The van der Waals surface area contributed by atoms with Gasteiger partial charge in [-0.1, -0.05) is 12.1 Å². The van der Waals surface area contributed by atoms with E-state index in [1.807, 2.05) is 0 Å². The Bertz CT molecular complexity index is 1210. The predicted octanol–water partition coefficient (Wildman–Crippen LogP) is 3.26. The monoisotopic (exact) mass is 385 g/mol. The Balaban J connectivity index is 1.85. The topological polar surface area (TPSA) is 65.6 Å². The number of alkyl halides is 3. The third kappa shape index (κ3) is 3.15. The molecule has 142 valence electrons. The van der Waals surface area contributed by atoms with Gasteiger partial charge in [0.1, 0.15) is 6.33 Å². The van der Waals surface area contributed by atoms with E-state index in [1.165, 1.54) is 27.7 Å². The summed E-state index contributed by atoms with van der Waals surface area (Å²) in [7, 11) is 1.60. The number of rotatable bonds is 3. The molecule has 0 aliphatic carbocycles. The number of halogens is 3. The molecule has 3 aromatic heterocycles. The Hall–Kier alpha value is -3.49. The van der Waals surface area contributed by atoms with Gasteiger partial charge in [0.2, 0.25) is 0 Å². The van der Waals surface area contributed by atoms with Crippen molar-refractivity contribution in [1.82, 2.24) is 24.1 Å². The molecule has 0 saturated heterocycles. The fourth-order valence-electron chi connectivity index (χ4n) is 3.06. The summed E-state index contributed by atoms with van der Waals surface area (Å²) in [5.74, 6) is 0. The standard InChI is InChI=1S/C19H14F3N5O/c1-26-17-16(27(18(26)28)10-12-7-23-11-24-8-12)6-14(9-25-17)13-3-2-4-15(5-13)19(20,21)22/h2-9,11H,10H2,1H3. The molecule has 0 spiro atoms. The number of fused-ring (bicyclic) bond motifs is 1. The highest BCUT2D eigenvalue weighted by molar-refractivity contribution is 5.79. The highest BCUT2D eigenvalue weighted by Gasteiger charge is 2.30. The zero-order chi connectivity index (χ0) is 19.9. The number of pyridine rings is 1. The van der Waals surface area contributed by atoms with Gasteiger partial charge >= 0.3 is 11.9 Å². The van der Waals surface area contributed by atoms with Gasteiger partial charge in [-0.2, -0.15) is 13.2 Å². The number of imidazole rings is 1. The summed E-state index contributed by atoms with van der Waals surface area (Å²) in [4.78, 5) is 24.8. The SMILES string of the molecule is Cn1c(=O)n(Cc2cncnc2)c2cc(-c3cccc(C(F)(F)F)c3)cnc21. The first-order valence-corrected chi connectivity index (χ1v) is 8.31. The quantitative estimate of drug-likeness (QED) is 0.543. The van der Waals surface area contributed by atoms with E-state index in [2.05, 4.69) is 15.0 Å². The lowest BCUT2D eigenvalue weighted by atomic mass is 10.0. The zero-order valence-corrected chi connectivity index (χ0v) is 14.7. The van der Waals surface area contributed by atoms with Crippen molar-refractivity contribution < 1.29 is 13.2 Å². The van der Waals surface area contributed by atoms with E-state index in [9.17, 15) is 18.0 Å². The van der Waals surface area contributed by atoms with Gasteiger partial charge in [0.15, 0.2) is 5.65 Å². The van der Waals surface area contributed by atoms with E-state index in [4.69, 9.17) is 0 Å². The molecule has 0 aliphatic rings. The molecule has 0 radical (unpaired) electrons. The van der Waals surface area contributed by atoms with E-state index in [-0.39, 0.29) is 12.2 Å². The van der Waals surface area contributed by atoms with Gasteiger partial charge in [-0.05, 0) is 23.8 Å². The fraction of sp³-hybridized carbons (Fsp3) is 0.158. The van der Waals surface area contributed by atoms with Crippen LogP contribution in [0.25, 0.3) is 22.3 Å². The Morgan fingerprint density at radius 3 is 2.50 bits per heavy atom. The first-order valence-electron chi connectivity index (χ1n) is 8.31. The predicted molar refractivity (Wildman–Crippen MR) is 96.5 cm³/mol. The molecule has 6 nitrogen and oxygen atoms in total. The third-order valence-corrected chi connectivity index (χ3v) is 4.45. The maximum Gasteiger partial charge on any atom is 0.416 e. The van der Waals surface area contributed by atoms with Crippen LogP contribution in [-0.2, 0) is 19.8 Å². The Kier molecular flexibility index (Phi) is 4.21. The van der Waals surface area contributed by atoms with Crippen LogP contribution in [0.4, 0.5) is 13.2 Å². The highest BCUT2D eigenvalue weighted by Crippen LogP contribution is 2.32. The summed E-state index contributed by atoms with van der Waals surface area (Å²) in [5.41, 5.74) is 1.52. The van der Waals surface area contributed by atoms with Crippen molar-refractivity contribution >= 4 is 11.2 Å². The molecular weight excluding hydrogens is 371 g/mol. The largest absolute Gasteiger partial charge is 0.416 e. The minimum absolute atomic E-state index is 0.227. The van der Waals surface area contributed by atoms with Crippen LogP contribution in [0.1, 0.15) is 11.1 Å². The van der Waals surface area contributed by atoms with Gasteiger partial charge in [-0.25, -0.2) is 19.7 Å². The second-order valence-corrected chi connectivity index (χ2v) is 6.32. The number of hydrogen-bond donors (Lipinski definition) is 0. The van der Waals surface area contributed by atoms with Crippen LogP contribution in [0.15, 0.2) is 60.0 Å². The van der Waals surface area contributed by atoms with Crippen LogP contribution >= 0.6 is 0 Å². The molecule has 9 heteroatoms. The molecule has 0 N–H and O–H groups in total. The minimum Gasteiger partial charge on any atom is -0.286 e. The molecule has 1 aromatic carbocycles. The summed E-state index contributed by atoms with van der Waals surface area (Å²) in [6.45, 7) is 0.227. The normalized spacial score (nSPS) is 11.9. The Morgan fingerprint density at radius 1 is 1.04 bits per heavy atom. The fourth-order valence-corrected chi connectivity index (χ4v) is 3.06. The van der Waals surface area contributed by atoms with Crippen molar-refractivity contribution in [2.24, 2.45) is 7.05 Å². The van der Waals surface area contributed by atoms with Gasteiger partial charge in [-0.15, -0.1) is 0 Å². The molecule has 0 atom stereocenters.